The van der Waals surface area contributed by atoms with E-state index in [2.05, 4.69) is 10.1 Å². The van der Waals surface area contributed by atoms with Crippen LogP contribution in [0.1, 0.15) is 40.5 Å². The minimum atomic E-state index is -3.24. The largest absolute Gasteiger partial charge is 0.328 e. The molecule has 2 bridgehead atoms. The van der Waals surface area contributed by atoms with E-state index < -0.39 is 9.84 Å². The lowest BCUT2D eigenvalue weighted by Crippen LogP contribution is -2.42. The van der Waals surface area contributed by atoms with Gasteiger partial charge in [-0.15, -0.1) is 0 Å². The fourth-order valence-corrected chi connectivity index (χ4v) is 5.11. The molecule has 1 fully saturated rings. The van der Waals surface area contributed by atoms with Gasteiger partial charge in [-0.25, -0.2) is 13.1 Å². The SMILES string of the molecule is CS(=O)(=O)c1ccc(-n2ncc3c2C[C@H]2CC[C@H]3N2C(=O)c2cccnc2)cc1. The molecule has 1 amide bonds. The highest BCUT2D eigenvalue weighted by Gasteiger charge is 2.44. The van der Waals surface area contributed by atoms with Gasteiger partial charge in [0.2, 0.25) is 0 Å². The van der Waals surface area contributed by atoms with Gasteiger partial charge in [0.1, 0.15) is 0 Å². The van der Waals surface area contributed by atoms with Crippen LogP contribution in [0.3, 0.4) is 0 Å². The average molecular weight is 408 g/mol. The molecule has 8 heteroatoms. The molecule has 0 N–H and O–H groups in total. The summed E-state index contributed by atoms with van der Waals surface area (Å²) in [5.41, 5.74) is 3.60. The third-order valence-electron chi connectivity index (χ3n) is 5.84. The topological polar surface area (TPSA) is 85.2 Å². The summed E-state index contributed by atoms with van der Waals surface area (Å²) in [4.78, 5) is 19.4. The van der Waals surface area contributed by atoms with Crippen LogP contribution in [0.5, 0.6) is 0 Å². The minimum absolute atomic E-state index is 0.0144. The molecule has 1 aromatic carbocycles. The molecule has 1 saturated heterocycles. The molecule has 7 nitrogen and oxygen atoms in total. The lowest BCUT2D eigenvalue weighted by Gasteiger charge is -2.35. The van der Waals surface area contributed by atoms with E-state index in [0.29, 0.717) is 5.56 Å². The third kappa shape index (κ3) is 2.95. The molecule has 0 spiro atoms. The van der Waals surface area contributed by atoms with Crippen LogP contribution in [-0.2, 0) is 16.3 Å². The Balaban J connectivity index is 1.49. The van der Waals surface area contributed by atoms with Crippen molar-refractivity contribution in [2.45, 2.75) is 36.2 Å². The number of hydrogen-bond acceptors (Lipinski definition) is 5. The summed E-state index contributed by atoms with van der Waals surface area (Å²) >= 11 is 0. The second-order valence-corrected chi connectivity index (χ2v) is 9.65. The maximum atomic E-state index is 13.1. The zero-order valence-corrected chi connectivity index (χ0v) is 16.7. The Kier molecular flexibility index (Phi) is 4.06. The van der Waals surface area contributed by atoms with Crippen molar-refractivity contribution in [2.75, 3.05) is 6.26 Å². The van der Waals surface area contributed by atoms with Gasteiger partial charge in [-0.1, -0.05) is 0 Å². The smallest absolute Gasteiger partial charge is 0.256 e. The summed E-state index contributed by atoms with van der Waals surface area (Å²) in [6.07, 6.45) is 8.92. The Hall–Kier alpha value is -3.00. The molecular formula is C21H20N4O3S. The number of pyridine rings is 1. The molecule has 0 saturated carbocycles. The maximum absolute atomic E-state index is 13.1. The highest BCUT2D eigenvalue weighted by atomic mass is 32.2. The Bertz CT molecular complexity index is 1190. The van der Waals surface area contributed by atoms with Gasteiger partial charge in [0.25, 0.3) is 5.91 Å². The highest BCUT2D eigenvalue weighted by molar-refractivity contribution is 7.90. The van der Waals surface area contributed by atoms with Crippen molar-refractivity contribution in [1.82, 2.24) is 19.7 Å². The van der Waals surface area contributed by atoms with Gasteiger partial charge >= 0.3 is 0 Å². The highest BCUT2D eigenvalue weighted by Crippen LogP contribution is 2.44. The first-order chi connectivity index (χ1) is 13.9. The molecule has 0 unspecified atom stereocenters. The summed E-state index contributed by atoms with van der Waals surface area (Å²) in [5.74, 6) is 0.0153. The fraction of sp³-hybridized carbons (Fsp3) is 0.286. The predicted molar refractivity (Wildman–Crippen MR) is 107 cm³/mol. The van der Waals surface area contributed by atoms with Crippen LogP contribution in [0, 0.1) is 0 Å². The molecule has 2 aliphatic heterocycles. The van der Waals surface area contributed by atoms with Crippen LogP contribution >= 0.6 is 0 Å². The number of carbonyl (C=O) groups is 1. The fourth-order valence-electron chi connectivity index (χ4n) is 4.48. The van der Waals surface area contributed by atoms with Crippen molar-refractivity contribution < 1.29 is 13.2 Å². The first-order valence-corrected chi connectivity index (χ1v) is 11.4. The van der Waals surface area contributed by atoms with E-state index in [1.165, 1.54) is 6.26 Å². The maximum Gasteiger partial charge on any atom is 0.256 e. The summed E-state index contributed by atoms with van der Waals surface area (Å²) in [7, 11) is -3.24. The quantitative estimate of drug-likeness (QED) is 0.665. The molecule has 2 aromatic heterocycles. The Morgan fingerprint density at radius 3 is 2.59 bits per heavy atom. The second-order valence-electron chi connectivity index (χ2n) is 7.63. The normalized spacial score (nSPS) is 20.5. The molecule has 4 heterocycles. The number of nitrogens with zero attached hydrogens (tertiary/aromatic N) is 4. The first kappa shape index (κ1) is 18.1. The number of amides is 1. The minimum Gasteiger partial charge on any atom is -0.328 e. The van der Waals surface area contributed by atoms with Crippen LogP contribution in [0.2, 0.25) is 0 Å². The van der Waals surface area contributed by atoms with Gasteiger partial charge in [-0.05, 0) is 49.2 Å². The zero-order chi connectivity index (χ0) is 20.2. The summed E-state index contributed by atoms with van der Waals surface area (Å²) in [6, 6.07) is 10.5. The monoisotopic (exact) mass is 408 g/mol. The van der Waals surface area contributed by atoms with Gasteiger partial charge in [0.05, 0.1) is 34.1 Å². The van der Waals surface area contributed by atoms with E-state index in [4.69, 9.17) is 0 Å². The number of rotatable bonds is 3. The molecule has 3 aromatic rings. The van der Waals surface area contributed by atoms with Crippen molar-refractivity contribution >= 4 is 15.7 Å². The number of benzene rings is 1. The van der Waals surface area contributed by atoms with E-state index >= 15 is 0 Å². The number of fused-ring (bicyclic) bond motifs is 4. The van der Waals surface area contributed by atoms with E-state index in [1.54, 1.807) is 48.8 Å². The van der Waals surface area contributed by atoms with Gasteiger partial charge in [0.15, 0.2) is 9.84 Å². The van der Waals surface area contributed by atoms with Crippen LogP contribution in [0.15, 0.2) is 59.9 Å². The van der Waals surface area contributed by atoms with Crippen molar-refractivity contribution in [2.24, 2.45) is 0 Å². The number of hydrogen-bond donors (Lipinski definition) is 0. The molecule has 29 heavy (non-hydrogen) atoms. The Labute approximate surface area is 168 Å². The molecular weight excluding hydrogens is 388 g/mol. The lowest BCUT2D eigenvalue weighted by molar-refractivity contribution is 0.0644. The lowest BCUT2D eigenvalue weighted by atomic mass is 9.99. The van der Waals surface area contributed by atoms with Crippen LogP contribution in [0.25, 0.3) is 5.69 Å². The number of carbonyl (C=O) groups excluding carboxylic acids is 1. The summed E-state index contributed by atoms with van der Waals surface area (Å²) in [5, 5.41) is 4.56. The zero-order valence-electron chi connectivity index (χ0n) is 15.9. The van der Waals surface area contributed by atoms with Gasteiger partial charge in [-0.3, -0.25) is 9.78 Å². The predicted octanol–water partition coefficient (Wildman–Crippen LogP) is 2.57. The molecule has 2 atom stereocenters. The average Bonchev–Trinajstić information content (AvgIpc) is 3.28. The van der Waals surface area contributed by atoms with E-state index in [9.17, 15) is 13.2 Å². The van der Waals surface area contributed by atoms with Crippen LogP contribution in [-0.4, -0.2) is 46.3 Å². The third-order valence-corrected chi connectivity index (χ3v) is 6.97. The van der Waals surface area contributed by atoms with E-state index in [-0.39, 0.29) is 22.9 Å². The second kappa shape index (κ2) is 6.52. The van der Waals surface area contributed by atoms with Crippen LogP contribution in [0.4, 0.5) is 0 Å². The molecule has 0 radical (unpaired) electrons. The van der Waals surface area contributed by atoms with Gasteiger partial charge < -0.3 is 4.90 Å². The van der Waals surface area contributed by atoms with Gasteiger partial charge in [0, 0.05) is 36.7 Å². The van der Waals surface area contributed by atoms with Crippen molar-refractivity contribution in [3.05, 3.63) is 71.8 Å². The van der Waals surface area contributed by atoms with Crippen LogP contribution < -0.4 is 0 Å². The summed E-state index contributed by atoms with van der Waals surface area (Å²) in [6.45, 7) is 0. The van der Waals surface area contributed by atoms with Gasteiger partial charge in [-0.2, -0.15) is 5.10 Å². The summed E-state index contributed by atoms with van der Waals surface area (Å²) < 4.78 is 25.3. The van der Waals surface area contributed by atoms with Crippen molar-refractivity contribution in [1.29, 1.82) is 0 Å². The number of aromatic nitrogens is 3. The van der Waals surface area contributed by atoms with E-state index in [0.717, 1.165) is 36.2 Å². The standard InChI is InChI=1S/C21H20N4O3S/c1-29(27,28)17-7-4-15(5-8-17)25-20-11-16-6-9-19(18(20)13-23-25)24(16)21(26)14-3-2-10-22-12-14/h2-5,7-8,10,12-13,16,19H,6,9,11H2,1H3/t16-,19-/m1/s1. The Morgan fingerprint density at radius 1 is 1.10 bits per heavy atom. The molecule has 2 aliphatic rings. The van der Waals surface area contributed by atoms with Crippen molar-refractivity contribution in [3.8, 4) is 5.69 Å². The molecule has 148 valence electrons. The van der Waals surface area contributed by atoms with Crippen molar-refractivity contribution in [3.63, 3.8) is 0 Å². The van der Waals surface area contributed by atoms with E-state index in [1.807, 2.05) is 15.8 Å². The number of sulfone groups is 1. The Morgan fingerprint density at radius 2 is 1.90 bits per heavy atom. The molecule has 5 rings (SSSR count). The first-order valence-electron chi connectivity index (χ1n) is 9.53. The molecule has 0 aliphatic carbocycles.